The van der Waals surface area contributed by atoms with Gasteiger partial charge in [-0.25, -0.2) is 0 Å². The van der Waals surface area contributed by atoms with E-state index in [2.05, 4.69) is 24.9 Å². The molecule has 21 heavy (non-hydrogen) atoms. The first kappa shape index (κ1) is 18.5. The molecule has 0 fully saturated rings. The molecule has 2 heteroatoms. The molecule has 0 spiro atoms. The maximum atomic E-state index is 6.44. The second kappa shape index (κ2) is 12.0. The van der Waals surface area contributed by atoms with E-state index in [0.29, 0.717) is 0 Å². The fourth-order valence-electron chi connectivity index (χ4n) is 2.72. The molecular weight excluding hydrogens is 278 g/mol. The fourth-order valence-corrected chi connectivity index (χ4v) is 3.02. The number of hydrogen-bond donors (Lipinski definition) is 0. The minimum Gasteiger partial charge on any atom is -0.261 e. The normalized spacial score (nSPS) is 12.5. The Morgan fingerprint density at radius 1 is 1.00 bits per heavy atom. The van der Waals surface area contributed by atoms with Crippen molar-refractivity contribution >= 4 is 11.6 Å². The van der Waals surface area contributed by atoms with Crippen molar-refractivity contribution in [2.24, 2.45) is 0 Å². The Kier molecular flexibility index (Phi) is 10.6. The summed E-state index contributed by atoms with van der Waals surface area (Å²) in [4.78, 5) is 4.43. The zero-order valence-corrected chi connectivity index (χ0v) is 14.7. The molecule has 1 unspecified atom stereocenters. The fraction of sp³-hybridized carbons (Fsp3) is 0.737. The maximum absolute atomic E-state index is 6.44. The van der Waals surface area contributed by atoms with E-state index >= 15 is 0 Å². The van der Waals surface area contributed by atoms with E-state index < -0.39 is 0 Å². The Morgan fingerprint density at radius 3 is 2.24 bits per heavy atom. The molecule has 0 N–H and O–H groups in total. The molecule has 1 heterocycles. The van der Waals surface area contributed by atoms with Crippen LogP contribution in [0, 0.1) is 6.92 Å². The van der Waals surface area contributed by atoms with Gasteiger partial charge in [-0.1, -0.05) is 70.8 Å². The van der Waals surface area contributed by atoms with Crippen LogP contribution in [0.3, 0.4) is 0 Å². The Hall–Kier alpha value is -0.560. The third-order valence-electron chi connectivity index (χ3n) is 4.15. The number of rotatable bonds is 12. The average Bonchev–Trinajstić information content (AvgIpc) is 2.48. The summed E-state index contributed by atoms with van der Waals surface area (Å²) in [5.74, 6) is 0. The van der Waals surface area contributed by atoms with E-state index in [1.54, 1.807) is 0 Å². The molecule has 1 rings (SSSR count). The van der Waals surface area contributed by atoms with Crippen LogP contribution in [0.5, 0.6) is 0 Å². The first-order valence-corrected chi connectivity index (χ1v) is 9.22. The summed E-state index contributed by atoms with van der Waals surface area (Å²) in [6.45, 7) is 4.39. The van der Waals surface area contributed by atoms with Gasteiger partial charge in [0.15, 0.2) is 0 Å². The monoisotopic (exact) mass is 309 g/mol. The third kappa shape index (κ3) is 9.14. The van der Waals surface area contributed by atoms with Gasteiger partial charge in [0.05, 0.1) is 0 Å². The van der Waals surface area contributed by atoms with Crippen LogP contribution in [-0.2, 0) is 6.42 Å². The number of alkyl halides is 1. The van der Waals surface area contributed by atoms with Gasteiger partial charge in [0, 0.05) is 23.7 Å². The standard InChI is InChI=1S/C19H32ClN/c1-3-4-5-6-7-8-9-10-11-14-18(20)16-19-17(2)13-12-15-21-19/h12-13,15,18H,3-11,14,16H2,1-2H3. The van der Waals surface area contributed by atoms with Crippen molar-refractivity contribution in [1.29, 1.82) is 0 Å². The molecule has 0 bridgehead atoms. The molecule has 1 atom stereocenters. The van der Waals surface area contributed by atoms with Gasteiger partial charge >= 0.3 is 0 Å². The first-order valence-electron chi connectivity index (χ1n) is 8.78. The van der Waals surface area contributed by atoms with E-state index in [9.17, 15) is 0 Å². The molecule has 0 aliphatic rings. The highest BCUT2D eigenvalue weighted by Gasteiger charge is 2.08. The molecular formula is C19H32ClN. The van der Waals surface area contributed by atoms with Crippen molar-refractivity contribution in [2.45, 2.75) is 89.9 Å². The van der Waals surface area contributed by atoms with E-state index in [1.165, 1.54) is 63.4 Å². The number of nitrogens with zero attached hydrogens (tertiary/aromatic N) is 1. The van der Waals surface area contributed by atoms with Crippen LogP contribution in [0.15, 0.2) is 18.3 Å². The Balaban J connectivity index is 1.99. The number of aryl methyl sites for hydroxylation is 1. The van der Waals surface area contributed by atoms with Gasteiger partial charge < -0.3 is 0 Å². The minimum absolute atomic E-state index is 0.239. The summed E-state index contributed by atoms with van der Waals surface area (Å²) in [6.07, 6.45) is 16.3. The molecule has 0 radical (unpaired) electrons. The number of pyridine rings is 1. The highest BCUT2D eigenvalue weighted by Crippen LogP contribution is 2.17. The molecule has 0 aliphatic carbocycles. The Bertz CT molecular complexity index is 364. The SMILES string of the molecule is CCCCCCCCCCCC(Cl)Cc1ncccc1C. The molecule has 0 aliphatic heterocycles. The van der Waals surface area contributed by atoms with Crippen LogP contribution in [-0.4, -0.2) is 10.4 Å². The second-order valence-corrected chi connectivity index (χ2v) is 6.80. The molecule has 1 aromatic rings. The van der Waals surface area contributed by atoms with E-state index in [0.717, 1.165) is 18.5 Å². The van der Waals surface area contributed by atoms with E-state index in [-0.39, 0.29) is 5.38 Å². The predicted molar refractivity (Wildman–Crippen MR) is 94.2 cm³/mol. The molecule has 0 amide bonds. The third-order valence-corrected chi connectivity index (χ3v) is 4.53. The highest BCUT2D eigenvalue weighted by molar-refractivity contribution is 6.20. The van der Waals surface area contributed by atoms with E-state index in [4.69, 9.17) is 11.6 Å². The summed E-state index contributed by atoms with van der Waals surface area (Å²) in [5, 5.41) is 0.239. The lowest BCUT2D eigenvalue weighted by Crippen LogP contribution is -2.06. The maximum Gasteiger partial charge on any atom is 0.0447 e. The predicted octanol–water partition coefficient (Wildman–Crippen LogP) is 6.46. The number of unbranched alkanes of at least 4 members (excludes halogenated alkanes) is 8. The Labute approximate surface area is 136 Å². The Morgan fingerprint density at radius 2 is 1.62 bits per heavy atom. The molecule has 0 saturated heterocycles. The lowest BCUT2D eigenvalue weighted by Gasteiger charge is -2.10. The minimum atomic E-state index is 0.239. The average molecular weight is 310 g/mol. The quantitative estimate of drug-likeness (QED) is 0.319. The zero-order chi connectivity index (χ0) is 15.3. The van der Waals surface area contributed by atoms with Crippen molar-refractivity contribution < 1.29 is 0 Å². The summed E-state index contributed by atoms with van der Waals surface area (Å²) in [6, 6.07) is 4.10. The van der Waals surface area contributed by atoms with Gasteiger partial charge in [-0.3, -0.25) is 4.98 Å². The van der Waals surface area contributed by atoms with Gasteiger partial charge in [-0.15, -0.1) is 11.6 Å². The lowest BCUT2D eigenvalue weighted by atomic mass is 10.0. The van der Waals surface area contributed by atoms with Crippen molar-refractivity contribution in [3.8, 4) is 0 Å². The van der Waals surface area contributed by atoms with E-state index in [1.807, 2.05) is 12.3 Å². The van der Waals surface area contributed by atoms with Gasteiger partial charge in [0.25, 0.3) is 0 Å². The summed E-state index contributed by atoms with van der Waals surface area (Å²) in [7, 11) is 0. The van der Waals surface area contributed by atoms with Gasteiger partial charge in [0.2, 0.25) is 0 Å². The van der Waals surface area contributed by atoms with Crippen LogP contribution in [0.2, 0.25) is 0 Å². The second-order valence-electron chi connectivity index (χ2n) is 6.19. The van der Waals surface area contributed by atoms with Gasteiger partial charge in [0.1, 0.15) is 0 Å². The number of aromatic nitrogens is 1. The lowest BCUT2D eigenvalue weighted by molar-refractivity contribution is 0.550. The first-order chi connectivity index (χ1) is 10.2. The van der Waals surface area contributed by atoms with Crippen molar-refractivity contribution in [2.75, 3.05) is 0 Å². The number of halogens is 1. The van der Waals surface area contributed by atoms with Crippen molar-refractivity contribution in [3.63, 3.8) is 0 Å². The van der Waals surface area contributed by atoms with Crippen LogP contribution in [0.1, 0.15) is 82.4 Å². The molecule has 1 aromatic heterocycles. The van der Waals surface area contributed by atoms with Crippen LogP contribution >= 0.6 is 11.6 Å². The zero-order valence-electron chi connectivity index (χ0n) is 13.9. The molecule has 0 saturated carbocycles. The summed E-state index contributed by atoms with van der Waals surface area (Å²) >= 11 is 6.44. The van der Waals surface area contributed by atoms with Crippen molar-refractivity contribution in [1.82, 2.24) is 4.98 Å². The van der Waals surface area contributed by atoms with Gasteiger partial charge in [-0.05, 0) is 25.0 Å². The number of hydrogen-bond acceptors (Lipinski definition) is 1. The van der Waals surface area contributed by atoms with Crippen LogP contribution < -0.4 is 0 Å². The largest absolute Gasteiger partial charge is 0.261 e. The summed E-state index contributed by atoms with van der Waals surface area (Å²) in [5.41, 5.74) is 2.42. The molecule has 0 aromatic carbocycles. The summed E-state index contributed by atoms with van der Waals surface area (Å²) < 4.78 is 0. The van der Waals surface area contributed by atoms with Gasteiger partial charge in [-0.2, -0.15) is 0 Å². The smallest absolute Gasteiger partial charge is 0.0447 e. The van der Waals surface area contributed by atoms with Crippen LogP contribution in [0.4, 0.5) is 0 Å². The van der Waals surface area contributed by atoms with Crippen LogP contribution in [0.25, 0.3) is 0 Å². The molecule has 120 valence electrons. The molecule has 1 nitrogen and oxygen atoms in total. The topological polar surface area (TPSA) is 12.9 Å². The highest BCUT2D eigenvalue weighted by atomic mass is 35.5. The van der Waals surface area contributed by atoms with Crippen molar-refractivity contribution in [3.05, 3.63) is 29.6 Å².